The third kappa shape index (κ3) is 3.56. The summed E-state index contributed by atoms with van der Waals surface area (Å²) in [5.41, 5.74) is 4.31. The lowest BCUT2D eigenvalue weighted by atomic mass is 10.0. The average Bonchev–Trinajstić information content (AvgIpc) is 3.02. The monoisotopic (exact) mass is 400 g/mol. The first kappa shape index (κ1) is 19.8. The van der Waals surface area contributed by atoms with Crippen molar-refractivity contribution in [3.63, 3.8) is 0 Å². The fraction of sp³-hybridized carbons (Fsp3) is 0.200. The Hall–Kier alpha value is -2.97. The zero-order valence-electron chi connectivity index (χ0n) is 15.4. The molecule has 0 radical (unpaired) electrons. The maximum Gasteiger partial charge on any atom is 0.256 e. The van der Waals surface area contributed by atoms with Crippen LogP contribution in [0.1, 0.15) is 23.0 Å². The van der Waals surface area contributed by atoms with Crippen LogP contribution in [0.2, 0.25) is 0 Å². The van der Waals surface area contributed by atoms with Crippen molar-refractivity contribution < 1.29 is 23.3 Å². The Balaban J connectivity index is 2.04. The molecule has 0 saturated carbocycles. The molecule has 0 aliphatic rings. The van der Waals surface area contributed by atoms with Gasteiger partial charge in [0.15, 0.2) is 0 Å². The maximum absolute atomic E-state index is 12.8. The molecule has 146 valence electrons. The minimum Gasteiger partial charge on any atom is -0.461 e. The number of aliphatic hydroxyl groups is 1. The van der Waals surface area contributed by atoms with E-state index in [4.69, 9.17) is 10.2 Å². The number of carbonyl (C=O) groups is 2. The average molecular weight is 400 g/mol. The van der Waals surface area contributed by atoms with Crippen LogP contribution in [0.25, 0.3) is 11.0 Å². The van der Waals surface area contributed by atoms with Gasteiger partial charge in [0.2, 0.25) is 5.91 Å². The molecular weight excluding hydrogens is 380 g/mol. The Morgan fingerprint density at radius 1 is 1.18 bits per heavy atom. The van der Waals surface area contributed by atoms with Crippen LogP contribution in [0.3, 0.4) is 0 Å². The number of carbonyl (C=O) groups excluding carboxylic acids is 2. The molecule has 28 heavy (non-hydrogen) atoms. The van der Waals surface area contributed by atoms with E-state index in [-0.39, 0.29) is 5.56 Å². The molecule has 4 N–H and O–H groups in total. The van der Waals surface area contributed by atoms with Gasteiger partial charge in [0.05, 0.1) is 23.0 Å². The number of amides is 2. The van der Waals surface area contributed by atoms with E-state index in [0.29, 0.717) is 26.5 Å². The number of hydrogen-bond donors (Lipinski definition) is 3. The molecule has 0 aliphatic carbocycles. The van der Waals surface area contributed by atoms with Crippen molar-refractivity contribution in [2.75, 3.05) is 6.61 Å². The quantitative estimate of drug-likeness (QED) is 0.583. The normalized spacial score (nSPS) is 14.4. The number of primary amides is 1. The second-order valence-electron chi connectivity index (χ2n) is 6.58. The van der Waals surface area contributed by atoms with Gasteiger partial charge in [0.25, 0.3) is 5.91 Å². The number of furan rings is 1. The fourth-order valence-electron chi connectivity index (χ4n) is 2.77. The van der Waals surface area contributed by atoms with Crippen LogP contribution < -0.4 is 11.1 Å². The van der Waals surface area contributed by atoms with Crippen molar-refractivity contribution in [3.8, 4) is 0 Å². The Bertz CT molecular complexity index is 1080. The lowest BCUT2D eigenvalue weighted by Crippen LogP contribution is -2.57. The molecule has 3 rings (SSSR count). The third-order valence-electron chi connectivity index (χ3n) is 4.48. The Morgan fingerprint density at radius 3 is 2.46 bits per heavy atom. The van der Waals surface area contributed by atoms with E-state index >= 15 is 0 Å². The first-order valence-corrected chi connectivity index (χ1v) is 9.65. The van der Waals surface area contributed by atoms with Crippen LogP contribution in [0.4, 0.5) is 0 Å². The number of aryl methyl sites for hydroxylation is 1. The van der Waals surface area contributed by atoms with Gasteiger partial charge in [0, 0.05) is 15.2 Å². The van der Waals surface area contributed by atoms with Crippen LogP contribution in [0.15, 0.2) is 62.7 Å². The first-order chi connectivity index (χ1) is 13.3. The molecule has 0 fully saturated rings. The van der Waals surface area contributed by atoms with Gasteiger partial charge in [-0.3, -0.25) is 9.59 Å². The lowest BCUT2D eigenvalue weighted by Gasteiger charge is -2.24. The van der Waals surface area contributed by atoms with Crippen LogP contribution in [-0.4, -0.2) is 33.3 Å². The number of aliphatic hydroxyl groups excluding tert-OH is 1. The molecule has 0 bridgehead atoms. The summed E-state index contributed by atoms with van der Waals surface area (Å²) in [5.74, 6) is -1.14. The van der Waals surface area contributed by atoms with Crippen molar-refractivity contribution in [1.82, 2.24) is 5.32 Å². The van der Waals surface area contributed by atoms with Gasteiger partial charge in [-0.15, -0.1) is 0 Å². The van der Waals surface area contributed by atoms with Crippen molar-refractivity contribution in [3.05, 3.63) is 59.9 Å². The van der Waals surface area contributed by atoms with Crippen molar-refractivity contribution in [2.45, 2.75) is 29.2 Å². The second kappa shape index (κ2) is 7.57. The first-order valence-electron chi connectivity index (χ1n) is 8.50. The Labute approximate surface area is 164 Å². The highest BCUT2D eigenvalue weighted by Gasteiger charge is 2.34. The number of nitrogens with one attached hydrogen (secondary N) is 1. The smallest absolute Gasteiger partial charge is 0.256 e. The minimum atomic E-state index is -1.61. The molecule has 2 amide bonds. The number of benzene rings is 2. The standard InChI is InChI=1S/C20H20N2O5S/c1-12-17(18(24)22-20(2,11-23)19(21)25)15-10-14(8-9-16(15)27-12)28(26)13-6-4-3-5-7-13/h3-10,23H,11H2,1-2H3,(H2,21,25)(H,22,24)/t20-,28?/m0/s1. The molecule has 7 nitrogen and oxygen atoms in total. The summed E-state index contributed by atoms with van der Waals surface area (Å²) in [6.07, 6.45) is 0. The molecule has 1 unspecified atom stereocenters. The van der Waals surface area contributed by atoms with E-state index < -0.39 is 34.8 Å². The molecule has 0 aliphatic heterocycles. The molecule has 0 saturated heterocycles. The summed E-state index contributed by atoms with van der Waals surface area (Å²) in [6, 6.07) is 13.9. The van der Waals surface area contributed by atoms with Crippen LogP contribution in [0, 0.1) is 6.92 Å². The van der Waals surface area contributed by atoms with Gasteiger partial charge in [-0.2, -0.15) is 0 Å². The number of nitrogens with two attached hydrogens (primary N) is 1. The van der Waals surface area contributed by atoms with E-state index in [9.17, 15) is 18.9 Å². The Kier molecular flexibility index (Phi) is 5.35. The van der Waals surface area contributed by atoms with Gasteiger partial charge in [-0.1, -0.05) is 18.2 Å². The van der Waals surface area contributed by atoms with E-state index in [1.165, 1.54) is 6.92 Å². The summed E-state index contributed by atoms with van der Waals surface area (Å²) in [7, 11) is -1.43. The van der Waals surface area contributed by atoms with Crippen LogP contribution >= 0.6 is 0 Å². The SMILES string of the molecule is Cc1oc2ccc(S(=O)c3ccccc3)cc2c1C(=O)N[C@@](C)(CO)C(N)=O. The van der Waals surface area contributed by atoms with E-state index in [0.717, 1.165) is 0 Å². The molecule has 2 aromatic carbocycles. The topological polar surface area (TPSA) is 123 Å². The number of rotatable bonds is 6. The van der Waals surface area contributed by atoms with Crippen molar-refractivity contribution in [1.29, 1.82) is 0 Å². The Morgan fingerprint density at radius 2 is 1.86 bits per heavy atom. The molecule has 2 atom stereocenters. The molecule has 3 aromatic rings. The molecule has 8 heteroatoms. The molecule has 1 aromatic heterocycles. The van der Waals surface area contributed by atoms with Crippen LogP contribution in [0.5, 0.6) is 0 Å². The summed E-state index contributed by atoms with van der Waals surface area (Å²) < 4.78 is 18.5. The largest absolute Gasteiger partial charge is 0.461 e. The highest BCUT2D eigenvalue weighted by molar-refractivity contribution is 7.85. The summed E-state index contributed by atoms with van der Waals surface area (Å²) in [6.45, 7) is 2.30. The predicted molar refractivity (Wildman–Crippen MR) is 104 cm³/mol. The number of fused-ring (bicyclic) bond motifs is 1. The van der Waals surface area contributed by atoms with Crippen molar-refractivity contribution >= 4 is 33.6 Å². The number of hydrogen-bond acceptors (Lipinski definition) is 5. The third-order valence-corrected chi connectivity index (χ3v) is 5.87. The van der Waals surface area contributed by atoms with Crippen molar-refractivity contribution in [2.24, 2.45) is 5.73 Å². The van der Waals surface area contributed by atoms with E-state index in [1.54, 1.807) is 49.4 Å². The van der Waals surface area contributed by atoms with Gasteiger partial charge < -0.3 is 20.6 Å². The maximum atomic E-state index is 12.8. The molecule has 0 spiro atoms. The predicted octanol–water partition coefficient (Wildman–Crippen LogP) is 1.87. The minimum absolute atomic E-state index is 0.197. The second-order valence-corrected chi connectivity index (χ2v) is 8.06. The zero-order chi connectivity index (χ0) is 20.5. The van der Waals surface area contributed by atoms with Gasteiger partial charge >= 0.3 is 0 Å². The van der Waals surface area contributed by atoms with Gasteiger partial charge in [0.1, 0.15) is 16.9 Å². The van der Waals surface area contributed by atoms with E-state index in [2.05, 4.69) is 5.32 Å². The fourth-order valence-corrected chi connectivity index (χ4v) is 3.86. The zero-order valence-corrected chi connectivity index (χ0v) is 16.2. The highest BCUT2D eigenvalue weighted by Crippen LogP contribution is 2.29. The summed E-state index contributed by atoms with van der Waals surface area (Å²) >= 11 is 0. The lowest BCUT2D eigenvalue weighted by molar-refractivity contribution is -0.124. The summed E-state index contributed by atoms with van der Waals surface area (Å²) in [5, 5.41) is 12.4. The van der Waals surface area contributed by atoms with Gasteiger partial charge in [-0.05, 0) is 44.2 Å². The molecular formula is C20H20N2O5S. The van der Waals surface area contributed by atoms with E-state index in [1.807, 2.05) is 6.07 Å². The van der Waals surface area contributed by atoms with Gasteiger partial charge in [-0.25, -0.2) is 4.21 Å². The highest BCUT2D eigenvalue weighted by atomic mass is 32.2. The van der Waals surface area contributed by atoms with Crippen LogP contribution in [-0.2, 0) is 15.6 Å². The molecule has 1 heterocycles. The summed E-state index contributed by atoms with van der Waals surface area (Å²) in [4.78, 5) is 25.5.